The van der Waals surface area contributed by atoms with Crippen LogP contribution in [-0.4, -0.2) is 32.7 Å². The maximum atomic E-state index is 13.5. The summed E-state index contributed by atoms with van der Waals surface area (Å²) < 4.78 is 46.2. The lowest BCUT2D eigenvalue weighted by atomic mass is 10.1. The van der Waals surface area contributed by atoms with Gasteiger partial charge >= 0.3 is 5.97 Å². The molecule has 1 amide bonds. The number of esters is 1. The molecule has 0 saturated carbocycles. The fourth-order valence-electron chi connectivity index (χ4n) is 2.96. The minimum absolute atomic E-state index is 0.0657. The average molecular weight is 485 g/mol. The molecular formula is C24H21FN2O6S. The van der Waals surface area contributed by atoms with Crippen molar-refractivity contribution in [1.29, 1.82) is 0 Å². The van der Waals surface area contributed by atoms with E-state index in [1.165, 1.54) is 50.2 Å². The number of sulfonamides is 1. The minimum Gasteiger partial charge on any atom is -0.452 e. The zero-order valence-electron chi connectivity index (χ0n) is 18.3. The number of Topliss-reactive ketones (excluding diaryl/α,β-unsaturated/α-hetero) is 1. The Balaban J connectivity index is 1.69. The molecule has 176 valence electrons. The van der Waals surface area contributed by atoms with E-state index in [0.717, 1.165) is 12.1 Å². The molecule has 0 aliphatic heterocycles. The summed E-state index contributed by atoms with van der Waals surface area (Å²) in [5.74, 6) is -2.29. The number of hydrogen-bond acceptors (Lipinski definition) is 6. The Kier molecular flexibility index (Phi) is 7.42. The molecule has 3 rings (SSSR count). The lowest BCUT2D eigenvalue weighted by molar-refractivity contribution is -0.119. The third-order valence-electron chi connectivity index (χ3n) is 4.72. The van der Waals surface area contributed by atoms with E-state index in [0.29, 0.717) is 11.3 Å². The summed E-state index contributed by atoms with van der Waals surface area (Å²) in [6.07, 6.45) is 0. The van der Waals surface area contributed by atoms with Crippen molar-refractivity contribution in [2.75, 3.05) is 16.6 Å². The Morgan fingerprint density at radius 2 is 1.71 bits per heavy atom. The number of benzene rings is 3. The molecule has 10 heteroatoms. The van der Waals surface area contributed by atoms with Gasteiger partial charge in [0.15, 0.2) is 12.4 Å². The Morgan fingerprint density at radius 1 is 0.971 bits per heavy atom. The molecule has 0 aromatic heterocycles. The zero-order chi connectivity index (χ0) is 24.9. The van der Waals surface area contributed by atoms with Gasteiger partial charge in [-0.1, -0.05) is 24.3 Å². The smallest absolute Gasteiger partial charge is 0.340 e. The molecular weight excluding hydrogens is 463 g/mol. The van der Waals surface area contributed by atoms with Crippen LogP contribution in [0.5, 0.6) is 0 Å². The highest BCUT2D eigenvalue weighted by Gasteiger charge is 2.21. The molecule has 0 aliphatic rings. The van der Waals surface area contributed by atoms with Crippen LogP contribution in [0, 0.1) is 12.7 Å². The Bertz CT molecular complexity index is 1370. The molecule has 34 heavy (non-hydrogen) atoms. The second-order valence-corrected chi connectivity index (χ2v) is 9.01. The van der Waals surface area contributed by atoms with Crippen molar-refractivity contribution in [3.8, 4) is 0 Å². The number of anilines is 2. The highest BCUT2D eigenvalue weighted by atomic mass is 32.2. The maximum Gasteiger partial charge on any atom is 0.340 e. The van der Waals surface area contributed by atoms with Crippen LogP contribution in [0.2, 0.25) is 0 Å². The van der Waals surface area contributed by atoms with Crippen LogP contribution in [-0.2, 0) is 19.6 Å². The number of rotatable bonds is 8. The quantitative estimate of drug-likeness (QED) is 0.369. The van der Waals surface area contributed by atoms with Gasteiger partial charge in [-0.2, -0.15) is 0 Å². The molecule has 0 unspecified atom stereocenters. The summed E-state index contributed by atoms with van der Waals surface area (Å²) in [5.41, 5.74) is 0.736. The number of ether oxygens (including phenoxy) is 1. The molecule has 0 bridgehead atoms. The predicted octanol–water partition coefficient (Wildman–Crippen LogP) is 3.93. The molecule has 0 atom stereocenters. The van der Waals surface area contributed by atoms with Gasteiger partial charge < -0.3 is 10.1 Å². The number of carbonyl (C=O) groups is 3. The van der Waals surface area contributed by atoms with Crippen LogP contribution < -0.4 is 10.0 Å². The lowest BCUT2D eigenvalue weighted by Gasteiger charge is -2.13. The molecule has 8 nitrogen and oxygen atoms in total. The van der Waals surface area contributed by atoms with Crippen molar-refractivity contribution in [3.63, 3.8) is 0 Å². The van der Waals surface area contributed by atoms with Crippen LogP contribution >= 0.6 is 0 Å². The van der Waals surface area contributed by atoms with Crippen LogP contribution in [0.1, 0.15) is 33.2 Å². The molecule has 0 aliphatic carbocycles. The van der Waals surface area contributed by atoms with Crippen LogP contribution in [0.3, 0.4) is 0 Å². The molecule has 3 aromatic rings. The monoisotopic (exact) mass is 484 g/mol. The van der Waals surface area contributed by atoms with Gasteiger partial charge in [-0.15, -0.1) is 0 Å². The fraction of sp³-hybridized carbons (Fsp3) is 0.125. The number of ketones is 1. The first-order chi connectivity index (χ1) is 16.1. The molecule has 0 heterocycles. The van der Waals surface area contributed by atoms with Crippen molar-refractivity contribution in [2.24, 2.45) is 0 Å². The number of nitrogens with one attached hydrogen (secondary N) is 2. The van der Waals surface area contributed by atoms with Gasteiger partial charge in [0.1, 0.15) is 5.82 Å². The minimum atomic E-state index is -4.12. The number of para-hydroxylation sites is 1. The SMILES string of the molecule is CC(=O)c1cccc(NC(=O)COC(=O)c2ccccc2NS(=O)(=O)c2ccc(F)c(C)c2)c1. The van der Waals surface area contributed by atoms with Crippen LogP contribution in [0.4, 0.5) is 15.8 Å². The molecule has 2 N–H and O–H groups in total. The molecule has 0 saturated heterocycles. The topological polar surface area (TPSA) is 119 Å². The summed E-state index contributed by atoms with van der Waals surface area (Å²) in [4.78, 5) is 36.0. The average Bonchev–Trinajstić information content (AvgIpc) is 2.79. The van der Waals surface area contributed by atoms with Crippen LogP contribution in [0.25, 0.3) is 0 Å². The van der Waals surface area contributed by atoms with Crippen LogP contribution in [0.15, 0.2) is 71.6 Å². The second kappa shape index (κ2) is 10.3. The Labute approximate surface area is 195 Å². The maximum absolute atomic E-state index is 13.5. The highest BCUT2D eigenvalue weighted by Crippen LogP contribution is 2.22. The summed E-state index contributed by atoms with van der Waals surface area (Å²) in [6, 6.07) is 15.3. The number of halogens is 1. The van der Waals surface area contributed by atoms with Crippen molar-refractivity contribution < 1.29 is 31.9 Å². The largest absolute Gasteiger partial charge is 0.452 e. The molecule has 0 radical (unpaired) electrons. The summed E-state index contributed by atoms with van der Waals surface area (Å²) in [5, 5.41) is 2.52. The fourth-order valence-corrected chi connectivity index (χ4v) is 4.12. The Hall–Kier alpha value is -4.05. The van der Waals surface area contributed by atoms with Gasteiger partial charge in [-0.25, -0.2) is 17.6 Å². The van der Waals surface area contributed by atoms with E-state index >= 15 is 0 Å². The summed E-state index contributed by atoms with van der Waals surface area (Å²) in [6.45, 7) is 2.19. The predicted molar refractivity (Wildman–Crippen MR) is 124 cm³/mol. The van der Waals surface area contributed by atoms with E-state index < -0.39 is 34.3 Å². The van der Waals surface area contributed by atoms with E-state index in [2.05, 4.69) is 10.0 Å². The zero-order valence-corrected chi connectivity index (χ0v) is 19.1. The number of carbonyl (C=O) groups excluding carboxylic acids is 3. The van der Waals surface area contributed by atoms with Gasteiger partial charge in [-0.05, 0) is 61.9 Å². The highest BCUT2D eigenvalue weighted by molar-refractivity contribution is 7.92. The van der Waals surface area contributed by atoms with Crippen molar-refractivity contribution in [3.05, 3.63) is 89.2 Å². The van der Waals surface area contributed by atoms with E-state index in [4.69, 9.17) is 4.74 Å². The standard InChI is InChI=1S/C24H21FN2O6S/c1-15-12-19(10-11-21(15)25)34(31,32)27-22-9-4-3-8-20(22)24(30)33-14-23(29)26-18-7-5-6-17(13-18)16(2)28/h3-13,27H,14H2,1-2H3,(H,26,29). The van der Waals surface area contributed by atoms with Gasteiger partial charge in [0, 0.05) is 11.3 Å². The van der Waals surface area contributed by atoms with Crippen molar-refractivity contribution in [1.82, 2.24) is 0 Å². The van der Waals surface area contributed by atoms with Crippen molar-refractivity contribution >= 4 is 39.1 Å². The first kappa shape index (κ1) is 24.6. The first-order valence-electron chi connectivity index (χ1n) is 10.0. The summed E-state index contributed by atoms with van der Waals surface area (Å²) >= 11 is 0. The van der Waals surface area contributed by atoms with Gasteiger partial charge in [0.2, 0.25) is 0 Å². The van der Waals surface area contributed by atoms with Gasteiger partial charge in [0.05, 0.1) is 16.1 Å². The first-order valence-corrected chi connectivity index (χ1v) is 11.5. The molecule has 0 spiro atoms. The van der Waals surface area contributed by atoms with Gasteiger partial charge in [-0.3, -0.25) is 14.3 Å². The van der Waals surface area contributed by atoms with Crippen molar-refractivity contribution in [2.45, 2.75) is 18.7 Å². The summed E-state index contributed by atoms with van der Waals surface area (Å²) in [7, 11) is -4.12. The van der Waals surface area contributed by atoms with E-state index in [9.17, 15) is 27.2 Å². The van der Waals surface area contributed by atoms with E-state index in [-0.39, 0.29) is 27.5 Å². The van der Waals surface area contributed by atoms with E-state index in [1.807, 2.05) is 0 Å². The number of aryl methyl sites for hydroxylation is 1. The number of hydrogen-bond donors (Lipinski definition) is 2. The van der Waals surface area contributed by atoms with Gasteiger partial charge in [0.25, 0.3) is 15.9 Å². The normalized spacial score (nSPS) is 10.9. The second-order valence-electron chi connectivity index (χ2n) is 7.32. The lowest BCUT2D eigenvalue weighted by Crippen LogP contribution is -2.22. The third kappa shape index (κ3) is 6.04. The number of amides is 1. The molecule has 0 fully saturated rings. The van der Waals surface area contributed by atoms with E-state index in [1.54, 1.807) is 18.2 Å². The Morgan fingerprint density at radius 3 is 2.41 bits per heavy atom. The molecule has 3 aromatic carbocycles. The third-order valence-corrected chi connectivity index (χ3v) is 6.08.